The van der Waals surface area contributed by atoms with Crippen LogP contribution in [0.4, 0.5) is 0 Å². The monoisotopic (exact) mass is 891 g/mol. The normalized spacial score (nSPS) is 11.9. The molecule has 0 fully saturated rings. The number of hydrogen-bond donors (Lipinski definition) is 0. The van der Waals surface area contributed by atoms with Crippen molar-refractivity contribution in [2.45, 2.75) is 335 Å². The smallest absolute Gasteiger partial charge is 0.306 e. The van der Waals surface area contributed by atoms with Crippen molar-refractivity contribution >= 4 is 17.9 Å². The van der Waals surface area contributed by atoms with Crippen LogP contribution in [0.25, 0.3) is 0 Å². The maximum Gasteiger partial charge on any atom is 0.306 e. The van der Waals surface area contributed by atoms with Gasteiger partial charge in [-0.1, -0.05) is 290 Å². The summed E-state index contributed by atoms with van der Waals surface area (Å²) in [6, 6.07) is 0. The molecule has 0 amide bonds. The van der Waals surface area contributed by atoms with Crippen molar-refractivity contribution in [2.75, 3.05) is 13.2 Å². The Morgan fingerprint density at radius 1 is 0.254 bits per heavy atom. The molecule has 0 aliphatic carbocycles. The van der Waals surface area contributed by atoms with Gasteiger partial charge in [-0.25, -0.2) is 0 Å². The molecule has 0 aromatic carbocycles. The maximum atomic E-state index is 12.8. The van der Waals surface area contributed by atoms with Gasteiger partial charge in [-0.15, -0.1) is 0 Å². The molecule has 0 heterocycles. The molecular formula is C57H110O6. The molecule has 1 unspecified atom stereocenters. The Hall–Kier alpha value is -1.59. The van der Waals surface area contributed by atoms with Crippen LogP contribution < -0.4 is 0 Å². The number of carbonyl (C=O) groups is 3. The highest BCUT2D eigenvalue weighted by Gasteiger charge is 2.19. The van der Waals surface area contributed by atoms with Gasteiger partial charge in [0.2, 0.25) is 0 Å². The summed E-state index contributed by atoms with van der Waals surface area (Å²) in [5.41, 5.74) is 0. The highest BCUT2D eigenvalue weighted by atomic mass is 16.6. The molecule has 63 heavy (non-hydrogen) atoms. The Kier molecular flexibility index (Phi) is 51.7. The third kappa shape index (κ3) is 51.3. The van der Waals surface area contributed by atoms with Gasteiger partial charge in [0.15, 0.2) is 6.10 Å². The zero-order valence-electron chi connectivity index (χ0n) is 42.9. The van der Waals surface area contributed by atoms with Crippen LogP contribution in [0.2, 0.25) is 0 Å². The van der Waals surface area contributed by atoms with Crippen molar-refractivity contribution in [3.8, 4) is 0 Å². The summed E-state index contributed by atoms with van der Waals surface area (Å²) in [5, 5.41) is 0. The van der Waals surface area contributed by atoms with Gasteiger partial charge in [0.1, 0.15) is 13.2 Å². The molecule has 0 bridgehead atoms. The number of carbonyl (C=O) groups excluding carboxylic acids is 3. The lowest BCUT2D eigenvalue weighted by molar-refractivity contribution is -0.167. The van der Waals surface area contributed by atoms with E-state index in [1.807, 2.05) is 0 Å². The third-order valence-corrected chi connectivity index (χ3v) is 13.1. The summed E-state index contributed by atoms with van der Waals surface area (Å²) in [5.74, 6) is -0.848. The molecule has 0 aromatic heterocycles. The first kappa shape index (κ1) is 61.4. The molecule has 0 aromatic rings. The summed E-state index contributed by atoms with van der Waals surface area (Å²) in [4.78, 5) is 37.8. The van der Waals surface area contributed by atoms with E-state index in [4.69, 9.17) is 14.2 Å². The van der Waals surface area contributed by atoms with E-state index in [0.717, 1.165) is 57.8 Å². The summed E-state index contributed by atoms with van der Waals surface area (Å²) < 4.78 is 16.8. The van der Waals surface area contributed by atoms with Gasteiger partial charge in [0.25, 0.3) is 0 Å². The zero-order valence-corrected chi connectivity index (χ0v) is 42.9. The molecule has 0 spiro atoms. The largest absolute Gasteiger partial charge is 0.462 e. The van der Waals surface area contributed by atoms with Crippen LogP contribution in [-0.2, 0) is 28.6 Å². The van der Waals surface area contributed by atoms with Crippen molar-refractivity contribution < 1.29 is 28.6 Å². The molecule has 0 aliphatic heterocycles. The van der Waals surface area contributed by atoms with Gasteiger partial charge in [-0.2, -0.15) is 0 Å². The lowest BCUT2D eigenvalue weighted by Crippen LogP contribution is -2.30. The average molecular weight is 892 g/mol. The number of unbranched alkanes of at least 4 members (excludes halogenated alkanes) is 42. The fourth-order valence-corrected chi connectivity index (χ4v) is 8.80. The Morgan fingerprint density at radius 3 is 0.635 bits per heavy atom. The van der Waals surface area contributed by atoms with E-state index in [-0.39, 0.29) is 31.1 Å². The van der Waals surface area contributed by atoms with E-state index in [1.165, 1.54) is 231 Å². The molecule has 6 nitrogen and oxygen atoms in total. The SMILES string of the molecule is CCCCCCCCCCCCCCCCCCCCCCCCCCC(=O)OCC(COC(=O)CCCCCCCC)OC(=O)CCCCCCCCCCCCCCCCC. The van der Waals surface area contributed by atoms with Gasteiger partial charge < -0.3 is 14.2 Å². The Morgan fingerprint density at radius 2 is 0.429 bits per heavy atom. The second-order valence-electron chi connectivity index (χ2n) is 19.6. The second kappa shape index (κ2) is 53.0. The third-order valence-electron chi connectivity index (χ3n) is 13.1. The summed E-state index contributed by atoms with van der Waals surface area (Å²) >= 11 is 0. The van der Waals surface area contributed by atoms with E-state index < -0.39 is 6.10 Å². The van der Waals surface area contributed by atoms with Crippen molar-refractivity contribution in [3.63, 3.8) is 0 Å². The first-order chi connectivity index (χ1) is 31.0. The fraction of sp³-hybridized carbons (Fsp3) is 0.947. The van der Waals surface area contributed by atoms with Gasteiger partial charge in [-0.3, -0.25) is 14.4 Å². The topological polar surface area (TPSA) is 78.9 Å². The van der Waals surface area contributed by atoms with Gasteiger partial charge >= 0.3 is 17.9 Å². The van der Waals surface area contributed by atoms with Crippen molar-refractivity contribution in [1.82, 2.24) is 0 Å². The van der Waals surface area contributed by atoms with Crippen LogP contribution >= 0.6 is 0 Å². The Labute approximate surface area is 393 Å². The predicted octanol–water partition coefficient (Wildman–Crippen LogP) is 18.8. The van der Waals surface area contributed by atoms with Crippen LogP contribution in [0.1, 0.15) is 329 Å². The lowest BCUT2D eigenvalue weighted by Gasteiger charge is -2.18. The van der Waals surface area contributed by atoms with Crippen molar-refractivity contribution in [2.24, 2.45) is 0 Å². The molecule has 0 saturated heterocycles. The van der Waals surface area contributed by atoms with Crippen LogP contribution in [0.3, 0.4) is 0 Å². The minimum Gasteiger partial charge on any atom is -0.462 e. The van der Waals surface area contributed by atoms with E-state index >= 15 is 0 Å². The number of esters is 3. The average Bonchev–Trinajstić information content (AvgIpc) is 3.28. The molecule has 0 rings (SSSR count). The molecule has 0 aliphatic rings. The van der Waals surface area contributed by atoms with Crippen molar-refractivity contribution in [1.29, 1.82) is 0 Å². The zero-order chi connectivity index (χ0) is 45.8. The van der Waals surface area contributed by atoms with E-state index in [9.17, 15) is 14.4 Å². The van der Waals surface area contributed by atoms with Gasteiger partial charge in [0, 0.05) is 19.3 Å². The van der Waals surface area contributed by atoms with Crippen LogP contribution in [0.5, 0.6) is 0 Å². The molecular weight excluding hydrogens is 781 g/mol. The minimum absolute atomic E-state index is 0.0624. The summed E-state index contributed by atoms with van der Waals surface area (Å²) in [6.45, 7) is 6.64. The number of rotatable bonds is 53. The maximum absolute atomic E-state index is 12.8. The van der Waals surface area contributed by atoms with Crippen LogP contribution in [-0.4, -0.2) is 37.2 Å². The van der Waals surface area contributed by atoms with E-state index in [2.05, 4.69) is 20.8 Å². The van der Waals surface area contributed by atoms with Gasteiger partial charge in [0.05, 0.1) is 0 Å². The molecule has 0 saturated carbocycles. The summed E-state index contributed by atoms with van der Waals surface area (Å²) in [6.07, 6.45) is 58.5. The Balaban J connectivity index is 4.03. The van der Waals surface area contributed by atoms with E-state index in [0.29, 0.717) is 19.3 Å². The van der Waals surface area contributed by atoms with Crippen molar-refractivity contribution in [3.05, 3.63) is 0 Å². The number of ether oxygens (including phenoxy) is 3. The molecule has 1 atom stereocenters. The van der Waals surface area contributed by atoms with Gasteiger partial charge in [-0.05, 0) is 19.3 Å². The second-order valence-corrected chi connectivity index (χ2v) is 19.6. The van der Waals surface area contributed by atoms with Crippen LogP contribution in [0.15, 0.2) is 0 Å². The predicted molar refractivity (Wildman–Crippen MR) is 270 cm³/mol. The molecule has 374 valence electrons. The minimum atomic E-state index is -0.759. The first-order valence-electron chi connectivity index (χ1n) is 28.5. The first-order valence-corrected chi connectivity index (χ1v) is 28.5. The number of hydrogen-bond acceptors (Lipinski definition) is 6. The fourth-order valence-electron chi connectivity index (χ4n) is 8.80. The van der Waals surface area contributed by atoms with E-state index in [1.54, 1.807) is 0 Å². The lowest BCUT2D eigenvalue weighted by atomic mass is 10.0. The quantitative estimate of drug-likeness (QED) is 0.0344. The highest BCUT2D eigenvalue weighted by molar-refractivity contribution is 5.71. The Bertz CT molecular complexity index is 936. The van der Waals surface area contributed by atoms with Crippen LogP contribution in [0, 0.1) is 0 Å². The summed E-state index contributed by atoms with van der Waals surface area (Å²) in [7, 11) is 0. The molecule has 0 N–H and O–H groups in total. The standard InChI is InChI=1S/C57H110O6/c1-4-7-10-13-16-18-20-22-24-25-26-27-28-29-30-31-32-34-35-37-39-41-44-47-50-56(59)62-53-54(52-61-55(58)49-46-43-15-12-9-6-3)63-57(60)51-48-45-42-40-38-36-33-23-21-19-17-14-11-8-5-2/h54H,4-53H2,1-3H3. The highest BCUT2D eigenvalue weighted by Crippen LogP contribution is 2.18. The molecule has 0 radical (unpaired) electrons. The molecule has 6 heteroatoms.